The molecule has 6 nitrogen and oxygen atoms in total. The SMILES string of the molecule is CC(C)C[C@@H]1NCCN([C@H](C(=O)N2CCC3(CCN(C)CC3)CC2)C(C)C)C1=O. The van der Waals surface area contributed by atoms with E-state index in [0.717, 1.165) is 38.9 Å². The molecule has 0 bridgehead atoms. The molecule has 3 aliphatic rings. The lowest BCUT2D eigenvalue weighted by molar-refractivity contribution is -0.152. The highest BCUT2D eigenvalue weighted by molar-refractivity contribution is 5.90. The molecule has 29 heavy (non-hydrogen) atoms. The summed E-state index contributed by atoms with van der Waals surface area (Å²) in [5.41, 5.74) is 0.434. The predicted molar refractivity (Wildman–Crippen MR) is 117 cm³/mol. The van der Waals surface area contributed by atoms with Crippen molar-refractivity contribution in [2.75, 3.05) is 46.3 Å². The molecule has 6 heteroatoms. The Labute approximate surface area is 177 Å². The second-order valence-electron chi connectivity index (χ2n) is 10.5. The van der Waals surface area contributed by atoms with Crippen LogP contribution in [0.1, 0.15) is 59.8 Å². The third-order valence-corrected chi connectivity index (χ3v) is 7.44. The number of carbonyl (C=O) groups excluding carboxylic acids is 2. The van der Waals surface area contributed by atoms with Gasteiger partial charge in [0.1, 0.15) is 6.04 Å². The number of likely N-dealkylation sites (tertiary alicyclic amines) is 2. The Morgan fingerprint density at radius 2 is 1.62 bits per heavy atom. The second kappa shape index (κ2) is 9.34. The minimum absolute atomic E-state index is 0.112. The number of carbonyl (C=O) groups is 2. The summed E-state index contributed by atoms with van der Waals surface area (Å²) in [6.07, 6.45) is 5.57. The van der Waals surface area contributed by atoms with Crippen LogP contribution in [0, 0.1) is 17.3 Å². The average molecular weight is 407 g/mol. The Kier molecular flexibility index (Phi) is 7.26. The lowest BCUT2D eigenvalue weighted by atomic mass is 9.71. The molecule has 3 fully saturated rings. The van der Waals surface area contributed by atoms with Gasteiger partial charge >= 0.3 is 0 Å². The van der Waals surface area contributed by atoms with Crippen LogP contribution in [0.2, 0.25) is 0 Å². The van der Waals surface area contributed by atoms with E-state index in [1.54, 1.807) is 0 Å². The van der Waals surface area contributed by atoms with E-state index in [-0.39, 0.29) is 29.8 Å². The Morgan fingerprint density at radius 1 is 1.03 bits per heavy atom. The van der Waals surface area contributed by atoms with E-state index < -0.39 is 0 Å². The zero-order valence-corrected chi connectivity index (χ0v) is 19.2. The zero-order chi connectivity index (χ0) is 21.2. The molecule has 0 unspecified atom stereocenters. The van der Waals surface area contributed by atoms with Crippen molar-refractivity contribution in [2.24, 2.45) is 17.3 Å². The zero-order valence-electron chi connectivity index (χ0n) is 19.2. The number of piperidine rings is 2. The molecule has 3 saturated heterocycles. The summed E-state index contributed by atoms with van der Waals surface area (Å²) in [7, 11) is 2.20. The van der Waals surface area contributed by atoms with Crippen LogP contribution in [0.4, 0.5) is 0 Å². The van der Waals surface area contributed by atoms with E-state index in [0.29, 0.717) is 17.9 Å². The maximum atomic E-state index is 13.5. The number of hydrogen-bond acceptors (Lipinski definition) is 4. The lowest BCUT2D eigenvalue weighted by Gasteiger charge is -2.48. The van der Waals surface area contributed by atoms with E-state index in [1.165, 1.54) is 25.9 Å². The molecule has 0 aromatic rings. The van der Waals surface area contributed by atoms with Crippen molar-refractivity contribution in [3.63, 3.8) is 0 Å². The molecule has 0 saturated carbocycles. The number of rotatable bonds is 5. The van der Waals surface area contributed by atoms with Crippen LogP contribution in [-0.4, -0.2) is 84.9 Å². The van der Waals surface area contributed by atoms with Gasteiger partial charge in [0.2, 0.25) is 11.8 Å². The van der Waals surface area contributed by atoms with Gasteiger partial charge in [-0.1, -0.05) is 27.7 Å². The Bertz CT molecular complexity index is 573. The molecule has 3 heterocycles. The van der Waals surface area contributed by atoms with Crippen LogP contribution < -0.4 is 5.32 Å². The topological polar surface area (TPSA) is 55.9 Å². The molecule has 1 spiro atoms. The van der Waals surface area contributed by atoms with Crippen LogP contribution >= 0.6 is 0 Å². The van der Waals surface area contributed by atoms with Gasteiger partial charge < -0.3 is 20.0 Å². The summed E-state index contributed by atoms with van der Waals surface area (Å²) < 4.78 is 0. The first-order valence-corrected chi connectivity index (χ1v) is 11.7. The van der Waals surface area contributed by atoms with Gasteiger partial charge in [0.15, 0.2) is 0 Å². The van der Waals surface area contributed by atoms with Crippen molar-refractivity contribution in [3.8, 4) is 0 Å². The fraction of sp³-hybridized carbons (Fsp3) is 0.913. The van der Waals surface area contributed by atoms with Gasteiger partial charge in [-0.25, -0.2) is 0 Å². The molecule has 2 atom stereocenters. The highest BCUT2D eigenvalue weighted by atomic mass is 16.2. The lowest BCUT2D eigenvalue weighted by Crippen LogP contribution is -2.63. The number of piperazine rings is 1. The van der Waals surface area contributed by atoms with Crippen molar-refractivity contribution >= 4 is 11.8 Å². The van der Waals surface area contributed by atoms with Gasteiger partial charge in [-0.2, -0.15) is 0 Å². The van der Waals surface area contributed by atoms with Crippen molar-refractivity contribution in [3.05, 3.63) is 0 Å². The van der Waals surface area contributed by atoms with Gasteiger partial charge in [-0.05, 0) is 69.5 Å². The van der Waals surface area contributed by atoms with E-state index in [1.807, 2.05) is 4.90 Å². The third kappa shape index (κ3) is 5.13. The molecule has 0 aliphatic carbocycles. The smallest absolute Gasteiger partial charge is 0.245 e. The highest BCUT2D eigenvalue weighted by Gasteiger charge is 2.43. The summed E-state index contributed by atoms with van der Waals surface area (Å²) >= 11 is 0. The Morgan fingerprint density at radius 3 is 2.17 bits per heavy atom. The maximum absolute atomic E-state index is 13.5. The standard InChI is InChI=1S/C23H42N4O2/c1-17(2)16-19-21(28)27(15-10-24-19)20(18(3)4)22(29)26-13-8-23(9-14-26)6-11-25(5)12-7-23/h17-20,24H,6-16H2,1-5H3/t19-,20-/m0/s1. The summed E-state index contributed by atoms with van der Waals surface area (Å²) in [4.78, 5) is 33.1. The van der Waals surface area contributed by atoms with Crippen molar-refractivity contribution in [2.45, 2.75) is 71.9 Å². The van der Waals surface area contributed by atoms with E-state index in [4.69, 9.17) is 0 Å². The first kappa shape index (κ1) is 22.5. The van der Waals surface area contributed by atoms with Crippen molar-refractivity contribution < 1.29 is 9.59 Å². The normalized spacial score (nSPS) is 27.1. The predicted octanol–water partition coefficient (Wildman–Crippen LogP) is 2.19. The van der Waals surface area contributed by atoms with E-state index in [9.17, 15) is 9.59 Å². The van der Waals surface area contributed by atoms with Crippen LogP contribution in [0.5, 0.6) is 0 Å². The van der Waals surface area contributed by atoms with Crippen LogP contribution in [0.25, 0.3) is 0 Å². The van der Waals surface area contributed by atoms with E-state index >= 15 is 0 Å². The molecule has 0 aromatic heterocycles. The number of nitrogens with one attached hydrogen (secondary N) is 1. The largest absolute Gasteiger partial charge is 0.341 e. The van der Waals surface area contributed by atoms with E-state index in [2.05, 4.69) is 49.9 Å². The molecule has 0 radical (unpaired) electrons. The average Bonchev–Trinajstić information content (AvgIpc) is 2.67. The molecule has 1 N–H and O–H groups in total. The second-order valence-corrected chi connectivity index (χ2v) is 10.5. The molecule has 166 valence electrons. The monoisotopic (exact) mass is 406 g/mol. The molecular weight excluding hydrogens is 364 g/mol. The Balaban J connectivity index is 1.65. The Hall–Kier alpha value is -1.14. The minimum Gasteiger partial charge on any atom is -0.341 e. The van der Waals surface area contributed by atoms with Gasteiger partial charge in [0.25, 0.3) is 0 Å². The number of amides is 2. The molecule has 2 amide bonds. The summed E-state index contributed by atoms with van der Waals surface area (Å²) in [5.74, 6) is 0.864. The maximum Gasteiger partial charge on any atom is 0.245 e. The molecule has 0 aromatic carbocycles. The highest BCUT2D eigenvalue weighted by Crippen LogP contribution is 2.41. The van der Waals surface area contributed by atoms with Crippen LogP contribution in [0.3, 0.4) is 0 Å². The van der Waals surface area contributed by atoms with Gasteiger partial charge in [0, 0.05) is 26.2 Å². The van der Waals surface area contributed by atoms with Gasteiger partial charge in [-0.3, -0.25) is 9.59 Å². The summed E-state index contributed by atoms with van der Waals surface area (Å²) in [6.45, 7) is 13.9. The van der Waals surface area contributed by atoms with Crippen molar-refractivity contribution in [1.82, 2.24) is 20.0 Å². The van der Waals surface area contributed by atoms with Gasteiger partial charge in [0.05, 0.1) is 6.04 Å². The fourth-order valence-corrected chi connectivity index (χ4v) is 5.45. The fourth-order valence-electron chi connectivity index (χ4n) is 5.45. The minimum atomic E-state index is -0.328. The first-order chi connectivity index (χ1) is 13.7. The van der Waals surface area contributed by atoms with Crippen LogP contribution in [-0.2, 0) is 9.59 Å². The van der Waals surface area contributed by atoms with Crippen molar-refractivity contribution in [1.29, 1.82) is 0 Å². The van der Waals surface area contributed by atoms with Crippen LogP contribution in [0.15, 0.2) is 0 Å². The third-order valence-electron chi connectivity index (χ3n) is 7.44. The first-order valence-electron chi connectivity index (χ1n) is 11.7. The molecular formula is C23H42N4O2. The summed E-state index contributed by atoms with van der Waals surface area (Å²) in [5, 5.41) is 3.36. The number of nitrogens with zero attached hydrogens (tertiary/aromatic N) is 3. The summed E-state index contributed by atoms with van der Waals surface area (Å²) in [6, 6.07) is -0.479. The number of hydrogen-bond donors (Lipinski definition) is 1. The molecule has 3 aliphatic heterocycles. The molecule has 3 rings (SSSR count). The quantitative estimate of drug-likeness (QED) is 0.760. The van der Waals surface area contributed by atoms with Gasteiger partial charge in [-0.15, -0.1) is 0 Å².